The normalized spacial score (nSPS) is 25.1. The van der Waals surface area contributed by atoms with E-state index in [4.69, 9.17) is 0 Å². The summed E-state index contributed by atoms with van der Waals surface area (Å²) in [6.07, 6.45) is 6.20. The third kappa shape index (κ3) is 4.18. The van der Waals surface area contributed by atoms with E-state index in [0.29, 0.717) is 29.3 Å². The van der Waals surface area contributed by atoms with Crippen LogP contribution in [-0.2, 0) is 4.79 Å². The Kier molecular flexibility index (Phi) is 5.63. The van der Waals surface area contributed by atoms with Crippen LogP contribution in [0.2, 0.25) is 0 Å². The van der Waals surface area contributed by atoms with Gasteiger partial charge >= 0.3 is 0 Å². The molecule has 4 rings (SSSR count). The number of aromatic nitrogens is 2. The molecule has 2 aromatic rings. The second-order valence-electron chi connectivity index (χ2n) is 8.53. The van der Waals surface area contributed by atoms with Crippen molar-refractivity contribution in [1.82, 2.24) is 20.2 Å². The number of carbonyl (C=O) groups excluding carboxylic acids is 1. The molecule has 1 aromatic heterocycles. The Labute approximate surface area is 171 Å². The lowest BCUT2D eigenvalue weighted by molar-refractivity contribution is -0.123. The fourth-order valence-corrected chi connectivity index (χ4v) is 4.71. The van der Waals surface area contributed by atoms with E-state index in [1.165, 1.54) is 6.42 Å². The lowest BCUT2D eigenvalue weighted by atomic mass is 9.94. The molecule has 3 atom stereocenters. The summed E-state index contributed by atoms with van der Waals surface area (Å²) in [5.74, 6) is 0.961. The Balaban J connectivity index is 1.44. The summed E-state index contributed by atoms with van der Waals surface area (Å²) in [5, 5.41) is 12.6. The fraction of sp³-hybridized carbons (Fsp3) is 0.545. The monoisotopic (exact) mass is 392 g/mol. The smallest absolute Gasteiger partial charge is 0.220 e. The highest BCUT2D eigenvalue weighted by atomic mass is 16.1. The van der Waals surface area contributed by atoms with Crippen molar-refractivity contribution < 1.29 is 4.79 Å². The van der Waals surface area contributed by atoms with Crippen LogP contribution in [0.3, 0.4) is 0 Å². The third-order valence-corrected chi connectivity index (χ3v) is 6.22. The van der Waals surface area contributed by atoms with Crippen LogP contribution in [0.1, 0.15) is 31.7 Å². The summed E-state index contributed by atoms with van der Waals surface area (Å²) in [6.45, 7) is 5.91. The van der Waals surface area contributed by atoms with Crippen molar-refractivity contribution in [2.45, 2.75) is 32.2 Å². The molecule has 7 nitrogen and oxygen atoms in total. The SMILES string of the molecule is C[C@@H]1CN(c2ccc(C#N)c3nccnc23)C[C@@H]1NC(=O)CC1CCCN(C)C1. The van der Waals surface area contributed by atoms with Gasteiger partial charge in [-0.15, -0.1) is 0 Å². The summed E-state index contributed by atoms with van der Waals surface area (Å²) >= 11 is 0. The zero-order valence-corrected chi connectivity index (χ0v) is 17.1. The molecule has 152 valence electrons. The zero-order valence-electron chi connectivity index (χ0n) is 17.1. The van der Waals surface area contributed by atoms with E-state index in [2.05, 4.69) is 45.1 Å². The maximum atomic E-state index is 12.7. The van der Waals surface area contributed by atoms with E-state index in [1.54, 1.807) is 12.4 Å². The minimum Gasteiger partial charge on any atom is -0.367 e. The predicted molar refractivity (Wildman–Crippen MR) is 112 cm³/mol. The highest BCUT2D eigenvalue weighted by molar-refractivity contribution is 5.92. The van der Waals surface area contributed by atoms with Crippen LogP contribution in [0.15, 0.2) is 24.5 Å². The lowest BCUT2D eigenvalue weighted by Gasteiger charge is -2.29. The molecule has 3 heterocycles. The average molecular weight is 393 g/mol. The second kappa shape index (κ2) is 8.34. The van der Waals surface area contributed by atoms with E-state index < -0.39 is 0 Å². The first-order valence-electron chi connectivity index (χ1n) is 10.4. The standard InChI is InChI=1S/C22H28N6O/c1-15-12-28(19-6-5-17(11-23)21-22(19)25-8-7-24-21)14-18(15)26-20(29)10-16-4-3-9-27(2)13-16/h5-8,15-16,18H,3-4,9-10,12-14H2,1-2H3,(H,26,29)/t15-,16?,18+/m1/s1. The first-order chi connectivity index (χ1) is 14.0. The van der Waals surface area contributed by atoms with Gasteiger partial charge in [0.05, 0.1) is 17.3 Å². The molecule has 2 aliphatic rings. The first-order valence-corrected chi connectivity index (χ1v) is 10.4. The zero-order chi connectivity index (χ0) is 20.4. The van der Waals surface area contributed by atoms with Crippen molar-refractivity contribution in [1.29, 1.82) is 5.26 Å². The van der Waals surface area contributed by atoms with Gasteiger partial charge in [-0.25, -0.2) is 0 Å². The van der Waals surface area contributed by atoms with Crippen LogP contribution >= 0.6 is 0 Å². The number of rotatable bonds is 4. The van der Waals surface area contributed by atoms with Crippen LogP contribution in [0, 0.1) is 23.2 Å². The molecular weight excluding hydrogens is 364 g/mol. The van der Waals surface area contributed by atoms with Crippen molar-refractivity contribution in [3.8, 4) is 6.07 Å². The third-order valence-electron chi connectivity index (χ3n) is 6.22. The minimum absolute atomic E-state index is 0.117. The van der Waals surface area contributed by atoms with Crippen molar-refractivity contribution in [3.63, 3.8) is 0 Å². The summed E-state index contributed by atoms with van der Waals surface area (Å²) in [4.78, 5) is 26.1. The molecule has 1 amide bonds. The Morgan fingerprint density at radius 3 is 2.79 bits per heavy atom. The number of nitrogens with zero attached hydrogens (tertiary/aromatic N) is 5. The Hall–Kier alpha value is -2.72. The van der Waals surface area contributed by atoms with Crippen molar-refractivity contribution >= 4 is 22.6 Å². The van der Waals surface area contributed by atoms with Crippen LogP contribution in [0.5, 0.6) is 0 Å². The number of benzene rings is 1. The summed E-state index contributed by atoms with van der Waals surface area (Å²) in [5.41, 5.74) is 2.89. The van der Waals surface area contributed by atoms with E-state index in [1.807, 2.05) is 12.1 Å². The molecule has 1 aromatic carbocycles. The highest BCUT2D eigenvalue weighted by Gasteiger charge is 2.32. The summed E-state index contributed by atoms with van der Waals surface area (Å²) in [7, 11) is 2.13. The first kappa shape index (κ1) is 19.6. The van der Waals surface area contributed by atoms with E-state index in [9.17, 15) is 10.1 Å². The van der Waals surface area contributed by atoms with Crippen LogP contribution < -0.4 is 10.2 Å². The molecule has 1 N–H and O–H groups in total. The summed E-state index contributed by atoms with van der Waals surface area (Å²) < 4.78 is 0. The van der Waals surface area contributed by atoms with Crippen molar-refractivity contribution in [2.24, 2.45) is 11.8 Å². The Morgan fingerprint density at radius 2 is 2.03 bits per heavy atom. The Bertz CT molecular complexity index is 939. The van der Waals surface area contributed by atoms with Gasteiger partial charge in [0, 0.05) is 38.4 Å². The number of carbonyl (C=O) groups is 1. The number of hydrogen-bond donors (Lipinski definition) is 1. The number of amides is 1. The van der Waals surface area contributed by atoms with E-state index in [0.717, 1.165) is 43.8 Å². The molecule has 0 aliphatic carbocycles. The molecule has 2 saturated heterocycles. The second-order valence-corrected chi connectivity index (χ2v) is 8.53. The average Bonchev–Trinajstić information content (AvgIpc) is 3.07. The van der Waals surface area contributed by atoms with Gasteiger partial charge in [0.1, 0.15) is 17.1 Å². The molecule has 2 aliphatic heterocycles. The highest BCUT2D eigenvalue weighted by Crippen LogP contribution is 2.30. The van der Waals surface area contributed by atoms with Gasteiger partial charge in [-0.1, -0.05) is 6.92 Å². The number of fused-ring (bicyclic) bond motifs is 1. The van der Waals surface area contributed by atoms with Crippen molar-refractivity contribution in [3.05, 3.63) is 30.1 Å². The topological polar surface area (TPSA) is 85.1 Å². The number of piperidine rings is 1. The van der Waals surface area contributed by atoms with Crippen LogP contribution in [0.25, 0.3) is 11.0 Å². The largest absolute Gasteiger partial charge is 0.367 e. The quantitative estimate of drug-likeness (QED) is 0.858. The maximum absolute atomic E-state index is 12.7. The van der Waals surface area contributed by atoms with Crippen LogP contribution in [-0.4, -0.2) is 60.0 Å². The number of nitriles is 1. The van der Waals surface area contributed by atoms with Gasteiger partial charge in [0.2, 0.25) is 5.91 Å². The molecule has 0 radical (unpaired) electrons. The number of anilines is 1. The van der Waals surface area contributed by atoms with Gasteiger partial charge in [0.15, 0.2) is 0 Å². The van der Waals surface area contributed by atoms with Gasteiger partial charge in [-0.05, 0) is 50.4 Å². The van der Waals surface area contributed by atoms with E-state index in [-0.39, 0.29) is 11.9 Å². The predicted octanol–water partition coefficient (Wildman–Crippen LogP) is 2.17. The molecule has 1 unspecified atom stereocenters. The van der Waals surface area contributed by atoms with E-state index >= 15 is 0 Å². The molecule has 7 heteroatoms. The van der Waals surface area contributed by atoms with Gasteiger partial charge in [-0.2, -0.15) is 5.26 Å². The van der Waals surface area contributed by atoms with Crippen LogP contribution in [0.4, 0.5) is 5.69 Å². The molecular formula is C22H28N6O. The molecule has 29 heavy (non-hydrogen) atoms. The number of hydrogen-bond acceptors (Lipinski definition) is 6. The number of likely N-dealkylation sites (tertiary alicyclic amines) is 1. The minimum atomic E-state index is 0.117. The summed E-state index contributed by atoms with van der Waals surface area (Å²) in [6, 6.07) is 6.07. The number of nitrogens with one attached hydrogen (secondary N) is 1. The lowest BCUT2D eigenvalue weighted by Crippen LogP contribution is -2.42. The van der Waals surface area contributed by atoms with Gasteiger partial charge in [0.25, 0.3) is 0 Å². The van der Waals surface area contributed by atoms with Gasteiger partial charge in [-0.3, -0.25) is 14.8 Å². The maximum Gasteiger partial charge on any atom is 0.220 e. The van der Waals surface area contributed by atoms with Crippen molar-refractivity contribution in [2.75, 3.05) is 38.1 Å². The molecule has 0 saturated carbocycles. The molecule has 0 bridgehead atoms. The molecule has 2 fully saturated rings. The fourth-order valence-electron chi connectivity index (χ4n) is 4.71. The Morgan fingerprint density at radius 1 is 1.24 bits per heavy atom. The molecule has 0 spiro atoms. The van der Waals surface area contributed by atoms with Gasteiger partial charge < -0.3 is 15.1 Å².